The van der Waals surface area contributed by atoms with Gasteiger partial charge in [-0.1, -0.05) is 45.7 Å². The Hall–Kier alpha value is -1.69. The van der Waals surface area contributed by atoms with Gasteiger partial charge in [0.25, 0.3) is 5.91 Å². The van der Waals surface area contributed by atoms with E-state index in [-0.39, 0.29) is 22.8 Å². The molecule has 2 N–H and O–H groups in total. The van der Waals surface area contributed by atoms with Crippen molar-refractivity contribution in [2.75, 3.05) is 5.32 Å². The molecule has 6 heteroatoms. The van der Waals surface area contributed by atoms with E-state index in [1.54, 1.807) is 43.3 Å². The predicted molar refractivity (Wildman–Crippen MR) is 91.8 cm³/mol. The fraction of sp³-hybridized carbons (Fsp3) is 0.176. The van der Waals surface area contributed by atoms with Crippen molar-refractivity contribution < 1.29 is 14.7 Å². The molecule has 1 heterocycles. The summed E-state index contributed by atoms with van der Waals surface area (Å²) >= 11 is 9.47. The van der Waals surface area contributed by atoms with E-state index in [9.17, 15) is 14.7 Å². The van der Waals surface area contributed by atoms with Crippen molar-refractivity contribution in [3.05, 3.63) is 62.6 Å². The highest BCUT2D eigenvalue weighted by Gasteiger charge is 2.48. The Morgan fingerprint density at radius 1 is 1.26 bits per heavy atom. The number of Topliss-reactive ketones (excluding diaryl/α,β-unsaturated/α-hetero) is 1. The molecule has 0 saturated carbocycles. The van der Waals surface area contributed by atoms with Crippen molar-refractivity contribution in [1.82, 2.24) is 0 Å². The second kappa shape index (κ2) is 5.74. The summed E-state index contributed by atoms with van der Waals surface area (Å²) in [4.78, 5) is 24.8. The zero-order valence-electron chi connectivity index (χ0n) is 12.2. The molecule has 3 rings (SSSR count). The molecule has 0 fully saturated rings. The average molecular weight is 395 g/mol. The Kier molecular flexibility index (Phi) is 4.04. The van der Waals surface area contributed by atoms with Crippen LogP contribution in [0.15, 0.2) is 40.9 Å². The first kappa shape index (κ1) is 16.2. The number of ketones is 1. The third kappa shape index (κ3) is 2.69. The summed E-state index contributed by atoms with van der Waals surface area (Å²) in [5, 5.41) is 13.8. The third-order valence-corrected chi connectivity index (χ3v) is 4.82. The van der Waals surface area contributed by atoms with Crippen LogP contribution in [0.4, 0.5) is 5.69 Å². The molecule has 2 aromatic rings. The molecule has 23 heavy (non-hydrogen) atoms. The van der Waals surface area contributed by atoms with Crippen molar-refractivity contribution in [1.29, 1.82) is 0 Å². The molecule has 4 nitrogen and oxygen atoms in total. The maximum Gasteiger partial charge on any atom is 0.261 e. The van der Waals surface area contributed by atoms with Crippen LogP contribution in [0.1, 0.15) is 27.9 Å². The van der Waals surface area contributed by atoms with Gasteiger partial charge in [-0.05, 0) is 30.7 Å². The minimum atomic E-state index is -1.96. The number of rotatable bonds is 3. The Balaban J connectivity index is 2.00. The van der Waals surface area contributed by atoms with Crippen molar-refractivity contribution in [3.63, 3.8) is 0 Å². The second-order valence-corrected chi connectivity index (χ2v) is 6.86. The fourth-order valence-electron chi connectivity index (χ4n) is 2.72. The van der Waals surface area contributed by atoms with Crippen LogP contribution in [0.3, 0.4) is 0 Å². The lowest BCUT2D eigenvalue weighted by Gasteiger charge is -2.21. The van der Waals surface area contributed by atoms with Crippen LogP contribution in [0, 0.1) is 6.92 Å². The smallest absolute Gasteiger partial charge is 0.261 e. The average Bonchev–Trinajstić information content (AvgIpc) is 2.77. The van der Waals surface area contributed by atoms with E-state index in [1.807, 2.05) is 0 Å². The molecule has 1 aliphatic rings. The van der Waals surface area contributed by atoms with Gasteiger partial charge in [0.2, 0.25) is 0 Å². The molecule has 0 saturated heterocycles. The predicted octanol–water partition coefficient (Wildman–Crippen LogP) is 3.82. The number of fused-ring (bicyclic) bond motifs is 1. The molecule has 0 bridgehead atoms. The number of aryl methyl sites for hydroxylation is 1. The standard InChI is InChI=1S/C17H13BrClNO3/c1-9-2-7-12(19)14-15(9)20-16(22)17(14,23)8-13(21)10-3-5-11(18)6-4-10/h2-7,23H,8H2,1H3,(H,20,22)/t17-/m1/s1. The van der Waals surface area contributed by atoms with Gasteiger partial charge in [0, 0.05) is 20.6 Å². The molecular formula is C17H13BrClNO3. The third-order valence-electron chi connectivity index (χ3n) is 3.97. The molecule has 118 valence electrons. The maximum absolute atomic E-state index is 12.5. The fourth-order valence-corrected chi connectivity index (χ4v) is 3.29. The summed E-state index contributed by atoms with van der Waals surface area (Å²) in [6, 6.07) is 10.1. The Labute approximate surface area is 146 Å². The molecule has 2 aromatic carbocycles. The highest BCUT2D eigenvalue weighted by Crippen LogP contribution is 2.44. The van der Waals surface area contributed by atoms with Crippen LogP contribution < -0.4 is 5.32 Å². The van der Waals surface area contributed by atoms with Crippen molar-refractivity contribution in [2.24, 2.45) is 0 Å². The number of aliphatic hydroxyl groups is 1. The molecule has 1 atom stereocenters. The van der Waals surface area contributed by atoms with E-state index in [0.29, 0.717) is 11.3 Å². The summed E-state index contributed by atoms with van der Waals surface area (Å²) < 4.78 is 0.843. The van der Waals surface area contributed by atoms with Crippen LogP contribution in [0.25, 0.3) is 0 Å². The van der Waals surface area contributed by atoms with Gasteiger partial charge in [-0.3, -0.25) is 9.59 Å². The second-order valence-electron chi connectivity index (χ2n) is 5.54. The van der Waals surface area contributed by atoms with E-state index in [1.165, 1.54) is 0 Å². The topological polar surface area (TPSA) is 66.4 Å². The van der Waals surface area contributed by atoms with Gasteiger partial charge in [0.05, 0.1) is 12.1 Å². The van der Waals surface area contributed by atoms with E-state index >= 15 is 0 Å². The first-order chi connectivity index (χ1) is 10.8. The number of hydrogen-bond donors (Lipinski definition) is 2. The molecule has 0 radical (unpaired) electrons. The van der Waals surface area contributed by atoms with E-state index in [4.69, 9.17) is 11.6 Å². The minimum Gasteiger partial charge on any atom is -0.375 e. The summed E-state index contributed by atoms with van der Waals surface area (Å²) in [6.45, 7) is 1.80. The SMILES string of the molecule is Cc1ccc(Cl)c2c1NC(=O)[C@@]2(O)CC(=O)c1ccc(Br)cc1. The number of benzene rings is 2. The van der Waals surface area contributed by atoms with Crippen molar-refractivity contribution in [3.8, 4) is 0 Å². The first-order valence-electron chi connectivity index (χ1n) is 6.95. The number of halogens is 2. The number of hydrogen-bond acceptors (Lipinski definition) is 3. The van der Waals surface area contributed by atoms with Gasteiger partial charge >= 0.3 is 0 Å². The zero-order chi connectivity index (χ0) is 16.8. The highest BCUT2D eigenvalue weighted by molar-refractivity contribution is 9.10. The van der Waals surface area contributed by atoms with Crippen LogP contribution in [-0.2, 0) is 10.4 Å². The lowest BCUT2D eigenvalue weighted by Crippen LogP contribution is -2.36. The lowest BCUT2D eigenvalue weighted by molar-refractivity contribution is -0.133. The van der Waals surface area contributed by atoms with Gasteiger partial charge in [-0.15, -0.1) is 0 Å². The van der Waals surface area contributed by atoms with E-state index < -0.39 is 11.5 Å². The number of nitrogens with one attached hydrogen (secondary N) is 1. The normalized spacial score (nSPS) is 19.4. The molecule has 0 aliphatic carbocycles. The number of amides is 1. The monoisotopic (exact) mass is 393 g/mol. The highest BCUT2D eigenvalue weighted by atomic mass is 79.9. The summed E-state index contributed by atoms with van der Waals surface area (Å²) in [7, 11) is 0. The molecule has 0 spiro atoms. The Morgan fingerprint density at radius 3 is 2.57 bits per heavy atom. The quantitative estimate of drug-likeness (QED) is 0.778. The largest absolute Gasteiger partial charge is 0.375 e. The molecule has 1 amide bonds. The number of carbonyl (C=O) groups excluding carboxylic acids is 2. The van der Waals surface area contributed by atoms with Crippen LogP contribution in [0.5, 0.6) is 0 Å². The molecule has 0 aromatic heterocycles. The number of carbonyl (C=O) groups is 2. The van der Waals surface area contributed by atoms with Gasteiger partial charge < -0.3 is 10.4 Å². The number of anilines is 1. The minimum absolute atomic E-state index is 0.259. The summed E-state index contributed by atoms with van der Waals surface area (Å²) in [6.07, 6.45) is -0.364. The summed E-state index contributed by atoms with van der Waals surface area (Å²) in [5.74, 6) is -0.963. The summed E-state index contributed by atoms with van der Waals surface area (Å²) in [5.41, 5.74) is 0.00225. The Bertz CT molecular complexity index is 819. The lowest BCUT2D eigenvalue weighted by atomic mass is 9.87. The first-order valence-corrected chi connectivity index (χ1v) is 8.12. The molecule has 1 aliphatic heterocycles. The maximum atomic E-state index is 12.5. The van der Waals surface area contributed by atoms with E-state index in [2.05, 4.69) is 21.2 Å². The van der Waals surface area contributed by atoms with Gasteiger partial charge in [-0.2, -0.15) is 0 Å². The van der Waals surface area contributed by atoms with Gasteiger partial charge in [0.1, 0.15) is 0 Å². The molecular weight excluding hydrogens is 382 g/mol. The van der Waals surface area contributed by atoms with Crippen molar-refractivity contribution >= 4 is 44.9 Å². The Morgan fingerprint density at radius 2 is 1.91 bits per heavy atom. The van der Waals surface area contributed by atoms with Gasteiger partial charge in [0.15, 0.2) is 11.4 Å². The van der Waals surface area contributed by atoms with Crippen LogP contribution >= 0.6 is 27.5 Å². The van der Waals surface area contributed by atoms with Crippen LogP contribution in [0.2, 0.25) is 5.02 Å². The zero-order valence-corrected chi connectivity index (χ0v) is 14.5. The molecule has 0 unspecified atom stereocenters. The van der Waals surface area contributed by atoms with Gasteiger partial charge in [-0.25, -0.2) is 0 Å². The van der Waals surface area contributed by atoms with Crippen molar-refractivity contribution in [2.45, 2.75) is 18.9 Å². The van der Waals surface area contributed by atoms with Crippen LogP contribution in [-0.4, -0.2) is 16.8 Å². The van der Waals surface area contributed by atoms with E-state index in [0.717, 1.165) is 10.0 Å².